The number of piperidine rings is 1. The molecule has 3 heterocycles. The van der Waals surface area contributed by atoms with Crippen LogP contribution in [0.25, 0.3) is 0 Å². The molecule has 0 N–H and O–H groups in total. The van der Waals surface area contributed by atoms with Crippen LogP contribution in [0, 0.1) is 6.92 Å². The van der Waals surface area contributed by atoms with Crippen LogP contribution < -0.4 is 0 Å². The minimum Gasteiger partial charge on any atom is -0.248 e. The molecule has 0 aromatic carbocycles. The lowest BCUT2D eigenvalue weighted by Gasteiger charge is -2.30. The van der Waals surface area contributed by atoms with Crippen molar-refractivity contribution in [1.82, 2.24) is 24.3 Å². The summed E-state index contributed by atoms with van der Waals surface area (Å²) in [7, 11) is -3.54. The highest BCUT2D eigenvalue weighted by Gasteiger charge is 2.33. The van der Waals surface area contributed by atoms with Crippen molar-refractivity contribution in [3.8, 4) is 0 Å². The van der Waals surface area contributed by atoms with Gasteiger partial charge in [0.15, 0.2) is 0 Å². The Bertz CT molecular complexity index is 708. The number of nitrogens with zero attached hydrogens (tertiary/aromatic N) is 5. The molecule has 114 valence electrons. The Kier molecular flexibility index (Phi) is 4.12. The molecule has 21 heavy (non-hydrogen) atoms. The van der Waals surface area contributed by atoms with E-state index >= 15 is 0 Å². The van der Waals surface area contributed by atoms with Crippen molar-refractivity contribution in [3.63, 3.8) is 0 Å². The summed E-state index contributed by atoms with van der Waals surface area (Å²) in [6.45, 7) is 2.71. The average Bonchev–Trinajstić information content (AvgIpc) is 3.10. The summed E-state index contributed by atoms with van der Waals surface area (Å²) < 4.78 is 29.5. The number of sulfonamides is 1. The summed E-state index contributed by atoms with van der Waals surface area (Å²) in [5.41, 5.74) is 0.698. The van der Waals surface area contributed by atoms with E-state index in [1.807, 2.05) is 0 Å². The molecule has 1 saturated heterocycles. The molecule has 2 aromatic heterocycles. The molecule has 1 atom stereocenters. The van der Waals surface area contributed by atoms with Gasteiger partial charge in [-0.25, -0.2) is 18.1 Å². The summed E-state index contributed by atoms with van der Waals surface area (Å²) in [6, 6.07) is 0.0283. The lowest BCUT2D eigenvalue weighted by Crippen LogP contribution is -2.40. The number of aryl methyl sites for hydroxylation is 1. The van der Waals surface area contributed by atoms with E-state index in [0.29, 0.717) is 18.8 Å². The minimum absolute atomic E-state index is 0.0283. The first-order chi connectivity index (χ1) is 9.98. The van der Waals surface area contributed by atoms with Crippen LogP contribution in [-0.2, 0) is 10.0 Å². The highest BCUT2D eigenvalue weighted by molar-refractivity contribution is 9.11. The summed E-state index contributed by atoms with van der Waals surface area (Å²) in [5, 5.41) is 7.76. The molecule has 1 unspecified atom stereocenters. The molecule has 1 aliphatic rings. The smallest absolute Gasteiger partial charge is 0.248 e. The van der Waals surface area contributed by atoms with Crippen molar-refractivity contribution in [2.24, 2.45) is 0 Å². The van der Waals surface area contributed by atoms with Gasteiger partial charge in [0, 0.05) is 19.3 Å². The molecule has 0 radical (unpaired) electrons. The lowest BCUT2D eigenvalue weighted by molar-refractivity contribution is 0.251. The number of thiazole rings is 1. The Morgan fingerprint density at radius 3 is 2.90 bits per heavy atom. The van der Waals surface area contributed by atoms with Crippen molar-refractivity contribution >= 4 is 37.3 Å². The van der Waals surface area contributed by atoms with Crippen molar-refractivity contribution in [3.05, 3.63) is 21.9 Å². The Morgan fingerprint density at radius 2 is 2.29 bits per heavy atom. The van der Waals surface area contributed by atoms with E-state index in [-0.39, 0.29) is 10.4 Å². The van der Waals surface area contributed by atoms with Gasteiger partial charge in [0.25, 0.3) is 10.0 Å². The van der Waals surface area contributed by atoms with Gasteiger partial charge in [-0.3, -0.25) is 0 Å². The van der Waals surface area contributed by atoms with Crippen LogP contribution in [-0.4, -0.2) is 45.8 Å². The molecule has 10 heteroatoms. The number of aromatic nitrogens is 4. The molecule has 0 amide bonds. The molecule has 2 aromatic rings. The molecule has 1 fully saturated rings. The van der Waals surface area contributed by atoms with E-state index in [9.17, 15) is 8.42 Å². The molecule has 3 rings (SSSR count). The summed E-state index contributed by atoms with van der Waals surface area (Å²) >= 11 is 4.48. The van der Waals surface area contributed by atoms with Crippen molar-refractivity contribution in [1.29, 1.82) is 0 Å². The van der Waals surface area contributed by atoms with Gasteiger partial charge < -0.3 is 0 Å². The number of hydrogen-bond donors (Lipinski definition) is 0. The normalized spacial score (nSPS) is 20.8. The number of rotatable bonds is 3. The van der Waals surface area contributed by atoms with Gasteiger partial charge in [-0.1, -0.05) is 16.6 Å². The van der Waals surface area contributed by atoms with Crippen molar-refractivity contribution in [2.45, 2.75) is 30.1 Å². The largest absolute Gasteiger partial charge is 0.270 e. The van der Waals surface area contributed by atoms with Crippen LogP contribution in [0.1, 0.15) is 24.6 Å². The number of hydrogen-bond acceptors (Lipinski definition) is 6. The quantitative estimate of drug-likeness (QED) is 0.796. The molecular formula is C11H14BrN5O2S2. The average molecular weight is 392 g/mol. The van der Waals surface area contributed by atoms with E-state index in [0.717, 1.165) is 28.0 Å². The lowest BCUT2D eigenvalue weighted by atomic mass is 10.1. The zero-order valence-electron chi connectivity index (χ0n) is 11.3. The fourth-order valence-electron chi connectivity index (χ4n) is 2.34. The second-order valence-electron chi connectivity index (χ2n) is 4.88. The Hall–Kier alpha value is -0.840. The van der Waals surface area contributed by atoms with Gasteiger partial charge in [0.05, 0.1) is 21.7 Å². The Balaban J connectivity index is 1.85. The molecule has 1 aliphatic heterocycles. The highest BCUT2D eigenvalue weighted by Crippen LogP contribution is 2.31. The van der Waals surface area contributed by atoms with Crippen molar-refractivity contribution < 1.29 is 8.42 Å². The maximum absolute atomic E-state index is 12.7. The molecule has 7 nitrogen and oxygen atoms in total. The monoisotopic (exact) mass is 391 g/mol. The topological polar surface area (TPSA) is 81.0 Å². The van der Waals surface area contributed by atoms with Gasteiger partial charge in [-0.15, -0.1) is 5.10 Å². The van der Waals surface area contributed by atoms with E-state index in [1.165, 1.54) is 4.31 Å². The van der Waals surface area contributed by atoms with E-state index < -0.39 is 10.0 Å². The fourth-order valence-corrected chi connectivity index (χ4v) is 5.94. The van der Waals surface area contributed by atoms with Crippen LogP contribution in [0.3, 0.4) is 0 Å². The van der Waals surface area contributed by atoms with Gasteiger partial charge >= 0.3 is 0 Å². The van der Waals surface area contributed by atoms with Crippen LogP contribution in [0.5, 0.6) is 0 Å². The highest BCUT2D eigenvalue weighted by atomic mass is 79.9. The van der Waals surface area contributed by atoms with E-state index in [2.05, 4.69) is 31.2 Å². The predicted molar refractivity (Wildman–Crippen MR) is 81.6 cm³/mol. The van der Waals surface area contributed by atoms with E-state index in [4.69, 9.17) is 0 Å². The van der Waals surface area contributed by atoms with Gasteiger partial charge in [0.2, 0.25) is 4.34 Å². The van der Waals surface area contributed by atoms with Gasteiger partial charge in [-0.2, -0.15) is 4.31 Å². The van der Waals surface area contributed by atoms with Crippen LogP contribution >= 0.6 is 27.3 Å². The Labute approximate surface area is 135 Å². The van der Waals surface area contributed by atoms with Gasteiger partial charge in [-0.05, 0) is 35.7 Å². The third-order valence-corrected chi connectivity index (χ3v) is 7.68. The molecule has 0 spiro atoms. The van der Waals surface area contributed by atoms with Crippen LogP contribution in [0.2, 0.25) is 0 Å². The standard InChI is InChI=1S/C11H14BrN5O2S2/c1-8-10(12)20-11(14-8)21(18,19)16-5-2-3-9(7-16)17-6-4-13-15-17/h4,6,9H,2-3,5,7H2,1H3. The predicted octanol–water partition coefficient (Wildman–Crippen LogP) is 1.83. The maximum atomic E-state index is 12.7. The minimum atomic E-state index is -3.54. The first-order valence-electron chi connectivity index (χ1n) is 6.47. The van der Waals surface area contributed by atoms with Gasteiger partial charge in [0.1, 0.15) is 0 Å². The summed E-state index contributed by atoms with van der Waals surface area (Å²) in [4.78, 5) is 4.15. The molecule has 0 aliphatic carbocycles. The second kappa shape index (κ2) is 5.75. The molecule has 0 bridgehead atoms. The second-order valence-corrected chi connectivity index (χ2v) is 9.31. The summed E-state index contributed by atoms with van der Waals surface area (Å²) in [6.07, 6.45) is 5.07. The molecular weight excluding hydrogens is 378 g/mol. The third kappa shape index (κ3) is 2.89. The van der Waals surface area contributed by atoms with Crippen LogP contribution in [0.15, 0.2) is 20.5 Å². The SMILES string of the molecule is Cc1nc(S(=O)(=O)N2CCCC(n3ccnn3)C2)sc1Br. The first kappa shape index (κ1) is 15.1. The Morgan fingerprint density at radius 1 is 1.48 bits per heavy atom. The zero-order valence-corrected chi connectivity index (χ0v) is 14.5. The third-order valence-electron chi connectivity index (χ3n) is 3.46. The number of halogens is 1. The zero-order chi connectivity index (χ0) is 15.0. The van der Waals surface area contributed by atoms with E-state index in [1.54, 1.807) is 24.0 Å². The first-order valence-corrected chi connectivity index (χ1v) is 9.52. The molecule has 0 saturated carbocycles. The van der Waals surface area contributed by atoms with Crippen LogP contribution in [0.4, 0.5) is 0 Å². The maximum Gasteiger partial charge on any atom is 0.270 e. The fraction of sp³-hybridized carbons (Fsp3) is 0.545. The van der Waals surface area contributed by atoms with Crippen molar-refractivity contribution in [2.75, 3.05) is 13.1 Å². The summed E-state index contributed by atoms with van der Waals surface area (Å²) in [5.74, 6) is 0.